The lowest BCUT2D eigenvalue weighted by atomic mass is 9.92. The maximum absolute atomic E-state index is 12.8. The largest absolute Gasteiger partial charge is 0.488 e. The van der Waals surface area contributed by atoms with E-state index in [0.29, 0.717) is 23.1 Å². The Morgan fingerprint density at radius 3 is 1.65 bits per heavy atom. The van der Waals surface area contributed by atoms with Gasteiger partial charge in [0.05, 0.1) is 0 Å². The second kappa shape index (κ2) is 18.9. The summed E-state index contributed by atoms with van der Waals surface area (Å²) in [6.07, 6.45) is 7.30. The number of hydrogen-bond donors (Lipinski definition) is 5. The smallest absolute Gasteiger partial charge is 0.356 e. The lowest BCUT2D eigenvalue weighted by Gasteiger charge is -2.19. The highest BCUT2D eigenvalue weighted by Crippen LogP contribution is 2.53. The van der Waals surface area contributed by atoms with E-state index in [1.54, 1.807) is 62.9 Å². The lowest BCUT2D eigenvalue weighted by molar-refractivity contribution is -0.121. The van der Waals surface area contributed by atoms with E-state index >= 15 is 0 Å². The summed E-state index contributed by atoms with van der Waals surface area (Å²) in [6, 6.07) is 29.3. The van der Waals surface area contributed by atoms with E-state index in [-0.39, 0.29) is 67.1 Å². The van der Waals surface area contributed by atoms with Crippen LogP contribution in [0.1, 0.15) is 76.6 Å². The number of benzene rings is 2. The first-order valence-electron chi connectivity index (χ1n) is 19.7. The SMILES string of the molecule is C.CN1C(=O)[C@@H](N)COc2cccnc21.CN1C(=O)[C@@H](NC(=O)c2cc(C3(c4ccccc4)CC3)[nH]n2)COc2cccnc21.Cl.O=C(O)c1cc(C2(c3ccccc3)CC2)[nH]n1. The summed E-state index contributed by atoms with van der Waals surface area (Å²) in [5.41, 5.74) is 10.0. The van der Waals surface area contributed by atoms with Crippen molar-refractivity contribution < 1.29 is 33.8 Å². The zero-order chi connectivity index (χ0) is 42.7. The number of hydrogen-bond acceptors (Lipinski definition) is 11. The van der Waals surface area contributed by atoms with Crippen LogP contribution in [-0.2, 0) is 20.4 Å². The van der Waals surface area contributed by atoms with Crippen LogP contribution in [0.3, 0.4) is 0 Å². The minimum atomic E-state index is -0.989. The number of carbonyl (C=O) groups excluding carboxylic acids is 3. The molecule has 0 spiro atoms. The number of nitrogens with one attached hydrogen (secondary N) is 3. The molecule has 2 saturated carbocycles. The van der Waals surface area contributed by atoms with Crippen molar-refractivity contribution in [2.75, 3.05) is 37.1 Å². The van der Waals surface area contributed by atoms with Crippen LogP contribution in [-0.4, -0.2) is 98.6 Å². The Bertz CT molecular complexity index is 2560. The number of pyridine rings is 2. The number of aromatic nitrogens is 6. The molecule has 4 aliphatic rings. The van der Waals surface area contributed by atoms with Gasteiger partial charge in [-0.05, 0) is 73.2 Å². The summed E-state index contributed by atoms with van der Waals surface area (Å²) in [6.45, 7) is 0.223. The molecule has 6 aromatic rings. The summed E-state index contributed by atoms with van der Waals surface area (Å²) in [5, 5.41) is 25.5. The van der Waals surface area contributed by atoms with Crippen molar-refractivity contribution in [1.29, 1.82) is 0 Å². The first kappa shape index (κ1) is 45.4. The molecule has 0 bridgehead atoms. The van der Waals surface area contributed by atoms with Gasteiger partial charge in [-0.3, -0.25) is 34.4 Å². The molecule has 328 valence electrons. The minimum absolute atomic E-state index is 0. The Balaban J connectivity index is 0.000000170. The third-order valence-electron chi connectivity index (χ3n) is 11.3. The first-order valence-corrected chi connectivity index (χ1v) is 19.7. The van der Waals surface area contributed by atoms with Crippen LogP contribution in [0, 0.1) is 0 Å². The minimum Gasteiger partial charge on any atom is -0.488 e. The highest BCUT2D eigenvalue weighted by atomic mass is 35.5. The molecule has 18 heteroatoms. The fourth-order valence-corrected chi connectivity index (χ4v) is 7.57. The molecule has 0 unspecified atom stereocenters. The van der Waals surface area contributed by atoms with Gasteiger partial charge in [0.1, 0.15) is 31.0 Å². The molecule has 10 rings (SSSR count). The van der Waals surface area contributed by atoms with Crippen molar-refractivity contribution in [2.45, 2.75) is 56.0 Å². The number of likely N-dealkylation sites (N-methyl/N-ethyl adjacent to an activating group) is 2. The summed E-state index contributed by atoms with van der Waals surface area (Å²) in [4.78, 5) is 59.1. The van der Waals surface area contributed by atoms with E-state index in [1.807, 2.05) is 36.4 Å². The maximum Gasteiger partial charge on any atom is 0.356 e. The first-order chi connectivity index (χ1) is 29.5. The van der Waals surface area contributed by atoms with Crippen molar-refractivity contribution in [1.82, 2.24) is 35.7 Å². The molecule has 2 atom stereocenters. The van der Waals surface area contributed by atoms with Crippen LogP contribution >= 0.6 is 12.4 Å². The summed E-state index contributed by atoms with van der Waals surface area (Å²) < 4.78 is 11.0. The number of aromatic amines is 2. The fraction of sp³-hybridized carbons (Fsp3) is 0.289. The molecular weight excluding hydrogens is 828 g/mol. The highest BCUT2D eigenvalue weighted by molar-refractivity contribution is 6.02. The van der Waals surface area contributed by atoms with Gasteiger partial charge in [0.2, 0.25) is 5.91 Å². The normalized spacial score (nSPS) is 18.5. The predicted octanol–water partition coefficient (Wildman–Crippen LogP) is 5.05. The van der Waals surface area contributed by atoms with Crippen LogP contribution in [0.15, 0.2) is 109 Å². The molecule has 0 saturated heterocycles. The Labute approximate surface area is 369 Å². The number of rotatable bonds is 7. The Kier molecular flexibility index (Phi) is 13.6. The zero-order valence-electron chi connectivity index (χ0n) is 33.9. The molecule has 2 aliphatic carbocycles. The second-order valence-electron chi connectivity index (χ2n) is 15.2. The lowest BCUT2D eigenvalue weighted by Crippen LogP contribution is -2.49. The number of carbonyl (C=O) groups is 4. The number of aromatic carboxylic acids is 1. The third-order valence-corrected chi connectivity index (χ3v) is 11.3. The zero-order valence-corrected chi connectivity index (χ0v) is 34.7. The monoisotopic (exact) mass is 876 g/mol. The van der Waals surface area contributed by atoms with E-state index in [2.05, 4.69) is 59.9 Å². The molecule has 6 N–H and O–H groups in total. The maximum atomic E-state index is 12.8. The summed E-state index contributed by atoms with van der Waals surface area (Å²) in [7, 11) is 3.26. The number of carboxylic acid groups (broad SMARTS) is 1. The molecule has 2 fully saturated rings. The number of H-pyrrole nitrogens is 2. The Morgan fingerprint density at radius 1 is 0.714 bits per heavy atom. The molecule has 6 heterocycles. The van der Waals surface area contributed by atoms with Gasteiger partial charge in [-0.15, -0.1) is 12.4 Å². The van der Waals surface area contributed by atoms with Crippen LogP contribution in [0.2, 0.25) is 0 Å². The molecular formula is C45H49ClN10O7. The average molecular weight is 877 g/mol. The van der Waals surface area contributed by atoms with Crippen LogP contribution in [0.4, 0.5) is 11.6 Å². The summed E-state index contributed by atoms with van der Waals surface area (Å²) >= 11 is 0. The van der Waals surface area contributed by atoms with Gasteiger partial charge in [0.15, 0.2) is 28.8 Å². The quantitative estimate of drug-likeness (QED) is 0.142. The van der Waals surface area contributed by atoms with Gasteiger partial charge >= 0.3 is 5.97 Å². The van der Waals surface area contributed by atoms with Gasteiger partial charge in [-0.1, -0.05) is 68.1 Å². The average Bonchev–Trinajstić information content (AvgIpc) is 4.19. The van der Waals surface area contributed by atoms with Crippen LogP contribution in [0.25, 0.3) is 0 Å². The fourth-order valence-electron chi connectivity index (χ4n) is 7.57. The van der Waals surface area contributed by atoms with E-state index in [0.717, 1.165) is 37.1 Å². The van der Waals surface area contributed by atoms with Crippen LogP contribution < -0.4 is 30.3 Å². The number of amides is 3. The molecule has 0 radical (unpaired) electrons. The number of nitrogens with zero attached hydrogens (tertiary/aromatic N) is 6. The van der Waals surface area contributed by atoms with Crippen molar-refractivity contribution >= 4 is 47.7 Å². The van der Waals surface area contributed by atoms with Crippen molar-refractivity contribution in [3.05, 3.63) is 143 Å². The van der Waals surface area contributed by atoms with Gasteiger partial charge in [0, 0.05) is 48.7 Å². The van der Waals surface area contributed by atoms with Crippen molar-refractivity contribution in [3.8, 4) is 11.5 Å². The second-order valence-corrected chi connectivity index (χ2v) is 15.2. The van der Waals surface area contributed by atoms with E-state index < -0.39 is 24.0 Å². The Hall–Kier alpha value is -7.11. The highest BCUT2D eigenvalue weighted by Gasteiger charge is 2.48. The number of carboxylic acids is 1. The molecule has 2 aromatic carbocycles. The number of fused-ring (bicyclic) bond motifs is 2. The molecule has 2 aliphatic heterocycles. The standard InChI is InChI=1S/C22H21N5O3.C13H12N2O2.C9H11N3O2.CH4.ClH/c1-27-19-17(8-5-11-23-19)30-13-16(21(27)29)24-20(28)15-12-18(26-25-15)22(9-10-22)14-6-3-2-4-7-14;16-12(17)10-8-11(15-14-10)13(6-7-13)9-4-2-1-3-5-9;1-12-8-7(3-2-4-11-8)14-5-6(10)9(12)13;;/h2-8,11-12,16H,9-10,13H2,1H3,(H,24,28)(H,25,26);1-5,8H,6-7H2,(H,14,15)(H,16,17);2-4,6H,5,10H2,1H3;1H4;1H/t16-;;6-;;/m0.0../s1. The molecule has 4 aromatic heterocycles. The van der Waals surface area contributed by atoms with Gasteiger partial charge < -0.3 is 25.6 Å². The van der Waals surface area contributed by atoms with Gasteiger partial charge in [0.25, 0.3) is 11.8 Å². The Morgan fingerprint density at radius 2 is 1.17 bits per heavy atom. The van der Waals surface area contributed by atoms with E-state index in [1.165, 1.54) is 20.9 Å². The van der Waals surface area contributed by atoms with E-state index in [4.69, 9.17) is 20.3 Å². The number of ether oxygens (including phenoxy) is 2. The summed E-state index contributed by atoms with van der Waals surface area (Å²) in [5.74, 6) is 0.168. The third kappa shape index (κ3) is 9.24. The molecule has 17 nitrogen and oxygen atoms in total. The number of halogens is 1. The van der Waals surface area contributed by atoms with Gasteiger partial charge in [-0.2, -0.15) is 10.2 Å². The number of anilines is 2. The van der Waals surface area contributed by atoms with Crippen molar-refractivity contribution in [3.63, 3.8) is 0 Å². The molecule has 63 heavy (non-hydrogen) atoms. The van der Waals surface area contributed by atoms with Gasteiger partial charge in [-0.25, -0.2) is 14.8 Å². The topological polar surface area (TPSA) is 235 Å². The van der Waals surface area contributed by atoms with Crippen LogP contribution in [0.5, 0.6) is 11.5 Å². The van der Waals surface area contributed by atoms with E-state index in [9.17, 15) is 19.2 Å². The van der Waals surface area contributed by atoms with Crippen molar-refractivity contribution in [2.24, 2.45) is 5.73 Å². The predicted molar refractivity (Wildman–Crippen MR) is 237 cm³/mol. The molecule has 3 amide bonds. The number of nitrogens with two attached hydrogens (primary N) is 1.